The molecule has 82 valence electrons. The molecule has 1 heterocycles. The summed E-state index contributed by atoms with van der Waals surface area (Å²) in [5.41, 5.74) is -0.328. The zero-order chi connectivity index (χ0) is 10.0. The fourth-order valence-electron chi connectivity index (χ4n) is 3.07. The van der Waals surface area contributed by atoms with E-state index in [1.807, 2.05) is 0 Å². The van der Waals surface area contributed by atoms with Crippen LogP contribution in [0.25, 0.3) is 0 Å². The maximum absolute atomic E-state index is 10.5. The normalized spacial score (nSPS) is 38.1. The second-order valence-electron chi connectivity index (χ2n) is 5.31. The van der Waals surface area contributed by atoms with Crippen LogP contribution >= 0.6 is 0 Å². The topological polar surface area (TPSA) is 32.3 Å². The summed E-state index contributed by atoms with van der Waals surface area (Å²) in [5.74, 6) is 1.47. The fraction of sp³-hybridized carbons (Fsp3) is 1.00. The Labute approximate surface area is 87.1 Å². The first-order valence-corrected chi connectivity index (χ1v) is 6.14. The minimum absolute atomic E-state index is 0.328. The minimum Gasteiger partial charge on any atom is -0.390 e. The van der Waals surface area contributed by atoms with Crippen molar-refractivity contribution >= 4 is 0 Å². The van der Waals surface area contributed by atoms with E-state index in [-0.39, 0.29) is 5.60 Å². The lowest BCUT2D eigenvalue weighted by atomic mass is 9.70. The van der Waals surface area contributed by atoms with Crippen molar-refractivity contribution in [2.75, 3.05) is 13.1 Å². The predicted octanol–water partition coefficient (Wildman–Crippen LogP) is 1.93. The molecule has 0 radical (unpaired) electrons. The van der Waals surface area contributed by atoms with Crippen LogP contribution in [-0.4, -0.2) is 23.8 Å². The van der Waals surface area contributed by atoms with Gasteiger partial charge in [0.2, 0.25) is 0 Å². The molecule has 2 rings (SSSR count). The van der Waals surface area contributed by atoms with Gasteiger partial charge in [-0.2, -0.15) is 0 Å². The van der Waals surface area contributed by atoms with E-state index in [4.69, 9.17) is 0 Å². The van der Waals surface area contributed by atoms with Crippen molar-refractivity contribution in [3.8, 4) is 0 Å². The lowest BCUT2D eigenvalue weighted by molar-refractivity contribution is -0.0595. The second kappa shape index (κ2) is 4.19. The first-order chi connectivity index (χ1) is 6.71. The molecular formula is C12H23NO. The summed E-state index contributed by atoms with van der Waals surface area (Å²) in [7, 11) is 0. The molecule has 0 atom stereocenters. The third-order valence-electron chi connectivity index (χ3n) is 4.25. The van der Waals surface area contributed by atoms with Crippen molar-refractivity contribution in [2.45, 2.75) is 51.0 Å². The van der Waals surface area contributed by atoms with Crippen molar-refractivity contribution in [3.63, 3.8) is 0 Å². The predicted molar refractivity (Wildman–Crippen MR) is 58.2 cm³/mol. The Morgan fingerprint density at radius 3 is 2.21 bits per heavy atom. The molecule has 1 aliphatic carbocycles. The highest BCUT2D eigenvalue weighted by molar-refractivity contribution is 4.92. The molecule has 2 heteroatoms. The van der Waals surface area contributed by atoms with Gasteiger partial charge in [0, 0.05) is 0 Å². The molecule has 0 aromatic heterocycles. The minimum atomic E-state index is -0.328. The Hall–Kier alpha value is -0.0800. The van der Waals surface area contributed by atoms with Gasteiger partial charge in [0.25, 0.3) is 0 Å². The summed E-state index contributed by atoms with van der Waals surface area (Å²) in [6.45, 7) is 4.34. The molecule has 0 spiro atoms. The summed E-state index contributed by atoms with van der Waals surface area (Å²) >= 11 is 0. The largest absolute Gasteiger partial charge is 0.390 e. The molecule has 14 heavy (non-hydrogen) atoms. The number of piperidine rings is 1. The zero-order valence-electron chi connectivity index (χ0n) is 9.26. The monoisotopic (exact) mass is 197 g/mol. The average molecular weight is 197 g/mol. The molecule has 1 aliphatic heterocycles. The zero-order valence-corrected chi connectivity index (χ0v) is 9.26. The number of hydrogen-bond acceptors (Lipinski definition) is 2. The van der Waals surface area contributed by atoms with E-state index < -0.39 is 0 Å². The smallest absolute Gasteiger partial charge is 0.0700 e. The van der Waals surface area contributed by atoms with Crippen molar-refractivity contribution in [1.29, 1.82) is 0 Å². The van der Waals surface area contributed by atoms with Gasteiger partial charge in [-0.05, 0) is 50.6 Å². The summed E-state index contributed by atoms with van der Waals surface area (Å²) in [5, 5.41) is 13.9. The van der Waals surface area contributed by atoms with Crippen LogP contribution in [0.5, 0.6) is 0 Å². The molecule has 2 fully saturated rings. The average Bonchev–Trinajstić information content (AvgIpc) is 2.19. The summed E-state index contributed by atoms with van der Waals surface area (Å²) < 4.78 is 0. The third-order valence-corrected chi connectivity index (χ3v) is 4.25. The van der Waals surface area contributed by atoms with Gasteiger partial charge in [-0.25, -0.2) is 0 Å². The van der Waals surface area contributed by atoms with E-state index >= 15 is 0 Å². The Kier molecular flexibility index (Phi) is 3.13. The molecule has 0 bridgehead atoms. The van der Waals surface area contributed by atoms with E-state index in [0.29, 0.717) is 5.92 Å². The number of hydrogen-bond donors (Lipinski definition) is 2. The van der Waals surface area contributed by atoms with Crippen molar-refractivity contribution in [3.05, 3.63) is 0 Å². The fourth-order valence-corrected chi connectivity index (χ4v) is 3.07. The van der Waals surface area contributed by atoms with Gasteiger partial charge >= 0.3 is 0 Å². The molecular weight excluding hydrogens is 174 g/mol. The molecule has 2 N–H and O–H groups in total. The highest BCUT2D eigenvalue weighted by Crippen LogP contribution is 2.39. The summed E-state index contributed by atoms with van der Waals surface area (Å²) in [6.07, 6.45) is 7.06. The van der Waals surface area contributed by atoms with Crippen LogP contribution in [0.1, 0.15) is 45.4 Å². The molecule has 2 nitrogen and oxygen atoms in total. The van der Waals surface area contributed by atoms with Gasteiger partial charge in [0.1, 0.15) is 0 Å². The molecule has 1 saturated heterocycles. The van der Waals surface area contributed by atoms with E-state index in [2.05, 4.69) is 12.2 Å². The number of aliphatic hydroxyl groups is 1. The third kappa shape index (κ3) is 2.12. The molecule has 0 unspecified atom stereocenters. The Morgan fingerprint density at radius 1 is 1.07 bits per heavy atom. The molecule has 2 aliphatic rings. The van der Waals surface area contributed by atoms with Crippen LogP contribution in [0.2, 0.25) is 0 Å². The first kappa shape index (κ1) is 10.4. The highest BCUT2D eigenvalue weighted by atomic mass is 16.3. The van der Waals surface area contributed by atoms with E-state index in [1.54, 1.807) is 0 Å². The van der Waals surface area contributed by atoms with Crippen LogP contribution in [0.15, 0.2) is 0 Å². The summed E-state index contributed by atoms with van der Waals surface area (Å²) in [6, 6.07) is 0. The number of rotatable bonds is 1. The molecule has 0 aromatic rings. The Balaban J connectivity index is 1.92. The van der Waals surface area contributed by atoms with Crippen molar-refractivity contribution in [1.82, 2.24) is 5.32 Å². The van der Waals surface area contributed by atoms with Gasteiger partial charge in [0.05, 0.1) is 5.60 Å². The maximum atomic E-state index is 10.5. The SMILES string of the molecule is CC1CCC(C2(O)CCNCC2)CC1. The van der Waals surface area contributed by atoms with Crippen LogP contribution in [0.4, 0.5) is 0 Å². The summed E-state index contributed by atoms with van der Waals surface area (Å²) in [4.78, 5) is 0. The lowest BCUT2D eigenvalue weighted by Gasteiger charge is -2.42. The van der Waals surface area contributed by atoms with Gasteiger partial charge in [-0.3, -0.25) is 0 Å². The van der Waals surface area contributed by atoms with Gasteiger partial charge in [0.15, 0.2) is 0 Å². The van der Waals surface area contributed by atoms with Crippen LogP contribution in [0.3, 0.4) is 0 Å². The van der Waals surface area contributed by atoms with Gasteiger partial charge < -0.3 is 10.4 Å². The van der Waals surface area contributed by atoms with Crippen LogP contribution < -0.4 is 5.32 Å². The van der Waals surface area contributed by atoms with Crippen LogP contribution in [0, 0.1) is 11.8 Å². The first-order valence-electron chi connectivity index (χ1n) is 6.14. The Morgan fingerprint density at radius 2 is 1.64 bits per heavy atom. The molecule has 0 amide bonds. The lowest BCUT2D eigenvalue weighted by Crippen LogP contribution is -2.48. The maximum Gasteiger partial charge on any atom is 0.0700 e. The Bertz CT molecular complexity index is 179. The second-order valence-corrected chi connectivity index (χ2v) is 5.31. The number of nitrogens with one attached hydrogen (secondary N) is 1. The highest BCUT2D eigenvalue weighted by Gasteiger charge is 2.38. The van der Waals surface area contributed by atoms with Gasteiger partial charge in [-0.1, -0.05) is 19.8 Å². The molecule has 1 saturated carbocycles. The van der Waals surface area contributed by atoms with Crippen LogP contribution in [-0.2, 0) is 0 Å². The molecule has 0 aromatic carbocycles. The van der Waals surface area contributed by atoms with Crippen molar-refractivity contribution in [2.24, 2.45) is 11.8 Å². The van der Waals surface area contributed by atoms with E-state index in [1.165, 1.54) is 25.7 Å². The van der Waals surface area contributed by atoms with E-state index in [9.17, 15) is 5.11 Å². The quantitative estimate of drug-likeness (QED) is 0.673. The van der Waals surface area contributed by atoms with Gasteiger partial charge in [-0.15, -0.1) is 0 Å². The van der Waals surface area contributed by atoms with Crippen molar-refractivity contribution < 1.29 is 5.11 Å². The van der Waals surface area contributed by atoms with E-state index in [0.717, 1.165) is 31.8 Å². The standard InChI is InChI=1S/C12H23NO/c1-10-2-4-11(5-3-10)12(14)6-8-13-9-7-12/h10-11,13-14H,2-9H2,1H3.